The van der Waals surface area contributed by atoms with Crippen molar-refractivity contribution in [2.75, 3.05) is 13.2 Å². The zero-order valence-corrected chi connectivity index (χ0v) is 13.4. The summed E-state index contributed by atoms with van der Waals surface area (Å²) in [6.07, 6.45) is 4.57. The number of urea groups is 1. The molecule has 2 amide bonds. The molecular formula is C17H19ClN2O3. The minimum atomic E-state index is -0.196. The van der Waals surface area contributed by atoms with Crippen LogP contribution in [-0.4, -0.2) is 19.2 Å². The molecule has 0 spiro atoms. The second kappa shape index (κ2) is 7.42. The van der Waals surface area contributed by atoms with Gasteiger partial charge in [-0.25, -0.2) is 4.79 Å². The normalized spacial score (nSPS) is 16.5. The summed E-state index contributed by atoms with van der Waals surface area (Å²) >= 11 is 5.88. The van der Waals surface area contributed by atoms with E-state index in [1.807, 2.05) is 18.2 Å². The van der Waals surface area contributed by atoms with E-state index in [9.17, 15) is 4.79 Å². The van der Waals surface area contributed by atoms with Gasteiger partial charge in [-0.1, -0.05) is 17.7 Å². The first-order valence-electron chi connectivity index (χ1n) is 7.71. The number of furan rings is 1. The lowest BCUT2D eigenvalue weighted by Crippen LogP contribution is -2.40. The average molecular weight is 335 g/mol. The number of amides is 2. The molecule has 2 aromatic rings. The van der Waals surface area contributed by atoms with Crippen LogP contribution >= 0.6 is 11.6 Å². The highest BCUT2D eigenvalue weighted by molar-refractivity contribution is 6.30. The molecule has 23 heavy (non-hydrogen) atoms. The molecule has 0 saturated heterocycles. The Labute approximate surface area is 140 Å². The number of nitrogens with one attached hydrogen (secondary N) is 2. The molecule has 0 aliphatic heterocycles. The maximum Gasteiger partial charge on any atom is 0.315 e. The lowest BCUT2D eigenvalue weighted by Gasteiger charge is -2.22. The summed E-state index contributed by atoms with van der Waals surface area (Å²) in [5.41, 5.74) is 1.08. The van der Waals surface area contributed by atoms with E-state index in [1.54, 1.807) is 18.4 Å². The minimum absolute atomic E-state index is 0.0198. The highest BCUT2D eigenvalue weighted by Crippen LogP contribution is 2.30. The number of benzene rings is 1. The van der Waals surface area contributed by atoms with E-state index >= 15 is 0 Å². The third-order valence-corrected chi connectivity index (χ3v) is 4.04. The first-order valence-corrected chi connectivity index (χ1v) is 8.09. The first kappa shape index (κ1) is 15.7. The Morgan fingerprint density at radius 3 is 3.17 bits per heavy atom. The van der Waals surface area contributed by atoms with Crippen LogP contribution in [0.1, 0.15) is 30.2 Å². The van der Waals surface area contributed by atoms with E-state index in [-0.39, 0.29) is 12.1 Å². The lowest BCUT2D eigenvalue weighted by molar-refractivity contribution is 0.231. The van der Waals surface area contributed by atoms with E-state index in [0.717, 1.165) is 30.6 Å². The molecule has 1 aliphatic carbocycles. The molecular weight excluding hydrogens is 316 g/mol. The zero-order chi connectivity index (χ0) is 16.1. The fourth-order valence-corrected chi connectivity index (χ4v) is 2.92. The summed E-state index contributed by atoms with van der Waals surface area (Å²) in [5.74, 6) is 1.67. The number of ether oxygens (including phenoxy) is 1. The zero-order valence-electron chi connectivity index (χ0n) is 12.7. The lowest BCUT2D eigenvalue weighted by atomic mass is 9.93. The Morgan fingerprint density at radius 2 is 2.30 bits per heavy atom. The van der Waals surface area contributed by atoms with Crippen LogP contribution < -0.4 is 15.4 Å². The summed E-state index contributed by atoms with van der Waals surface area (Å²) in [6.45, 7) is 0.804. The predicted molar refractivity (Wildman–Crippen MR) is 87.9 cm³/mol. The third-order valence-electron chi connectivity index (χ3n) is 3.81. The maximum atomic E-state index is 12.0. The molecule has 1 aromatic carbocycles. The second-order valence-corrected chi connectivity index (χ2v) is 5.89. The Hall–Kier alpha value is -2.14. The summed E-state index contributed by atoms with van der Waals surface area (Å²) < 4.78 is 11.0. The molecule has 2 N–H and O–H groups in total. The largest absolute Gasteiger partial charge is 0.492 e. The van der Waals surface area contributed by atoms with Crippen molar-refractivity contribution in [3.8, 4) is 5.75 Å². The van der Waals surface area contributed by atoms with Crippen molar-refractivity contribution in [2.45, 2.75) is 25.3 Å². The number of hydrogen-bond acceptors (Lipinski definition) is 3. The van der Waals surface area contributed by atoms with Crippen molar-refractivity contribution >= 4 is 17.6 Å². The van der Waals surface area contributed by atoms with Gasteiger partial charge in [-0.15, -0.1) is 0 Å². The molecule has 1 aliphatic rings. The van der Waals surface area contributed by atoms with Crippen molar-refractivity contribution in [3.05, 3.63) is 52.9 Å². The molecule has 0 radical (unpaired) electrons. The van der Waals surface area contributed by atoms with E-state index in [4.69, 9.17) is 20.8 Å². The van der Waals surface area contributed by atoms with Gasteiger partial charge in [0.15, 0.2) is 0 Å². The van der Waals surface area contributed by atoms with Gasteiger partial charge in [0.2, 0.25) is 0 Å². The highest BCUT2D eigenvalue weighted by Gasteiger charge is 2.23. The van der Waals surface area contributed by atoms with Crippen molar-refractivity contribution < 1.29 is 13.9 Å². The quantitative estimate of drug-likeness (QED) is 0.820. The number of carbonyl (C=O) groups excluding carboxylic acids is 1. The molecule has 5 nitrogen and oxygen atoms in total. The van der Waals surface area contributed by atoms with Gasteiger partial charge in [-0.3, -0.25) is 0 Å². The van der Waals surface area contributed by atoms with Crippen LogP contribution in [0.5, 0.6) is 5.75 Å². The van der Waals surface area contributed by atoms with Crippen molar-refractivity contribution in [2.24, 2.45) is 0 Å². The number of halogens is 1. The van der Waals surface area contributed by atoms with Crippen LogP contribution in [0.3, 0.4) is 0 Å². The fraction of sp³-hybridized carbons (Fsp3) is 0.353. The van der Waals surface area contributed by atoms with Crippen LogP contribution in [0, 0.1) is 0 Å². The standard InChI is InChI=1S/C17H19ClN2O3/c18-12-3-1-4-13(11-12)22-10-8-19-17(21)20-15-5-2-6-16-14(15)7-9-23-16/h1,3-4,7,9,11,15H,2,5-6,8,10H2,(H2,19,20,21). The van der Waals surface area contributed by atoms with Crippen molar-refractivity contribution in [1.29, 1.82) is 0 Å². The Bertz CT molecular complexity index is 671. The summed E-state index contributed by atoms with van der Waals surface area (Å²) in [5, 5.41) is 6.41. The van der Waals surface area contributed by atoms with Gasteiger partial charge in [0.05, 0.1) is 18.8 Å². The Kier molecular flexibility index (Phi) is 5.08. The van der Waals surface area contributed by atoms with Crippen molar-refractivity contribution in [1.82, 2.24) is 10.6 Å². The molecule has 3 rings (SSSR count). The molecule has 0 bridgehead atoms. The number of aryl methyl sites for hydroxylation is 1. The average Bonchev–Trinajstić information content (AvgIpc) is 3.01. The first-order chi connectivity index (χ1) is 11.2. The smallest absolute Gasteiger partial charge is 0.315 e. The second-order valence-electron chi connectivity index (χ2n) is 5.45. The van der Waals surface area contributed by atoms with Gasteiger partial charge >= 0.3 is 6.03 Å². The fourth-order valence-electron chi connectivity index (χ4n) is 2.74. The van der Waals surface area contributed by atoms with E-state index < -0.39 is 0 Å². The maximum absolute atomic E-state index is 12.0. The van der Waals surface area contributed by atoms with Crippen LogP contribution in [0.4, 0.5) is 4.79 Å². The monoisotopic (exact) mass is 334 g/mol. The van der Waals surface area contributed by atoms with Gasteiger partial charge in [0, 0.05) is 17.0 Å². The summed E-state index contributed by atoms with van der Waals surface area (Å²) in [4.78, 5) is 12.0. The molecule has 0 fully saturated rings. The van der Waals surface area contributed by atoms with Crippen LogP contribution in [0.15, 0.2) is 41.0 Å². The van der Waals surface area contributed by atoms with Crippen LogP contribution in [0.25, 0.3) is 0 Å². The molecule has 0 saturated carbocycles. The molecule has 6 heteroatoms. The van der Waals surface area contributed by atoms with E-state index in [1.165, 1.54) is 0 Å². The Balaban J connectivity index is 1.41. The van der Waals surface area contributed by atoms with Crippen LogP contribution in [0.2, 0.25) is 5.02 Å². The van der Waals surface area contributed by atoms with Gasteiger partial charge in [0.25, 0.3) is 0 Å². The summed E-state index contributed by atoms with van der Waals surface area (Å²) in [7, 11) is 0. The molecule has 1 aromatic heterocycles. The topological polar surface area (TPSA) is 63.5 Å². The summed E-state index contributed by atoms with van der Waals surface area (Å²) in [6, 6.07) is 8.93. The third kappa shape index (κ3) is 4.20. The molecule has 1 heterocycles. The highest BCUT2D eigenvalue weighted by atomic mass is 35.5. The SMILES string of the molecule is O=C(NCCOc1cccc(Cl)c1)NC1CCCc2occc21. The molecule has 122 valence electrons. The van der Waals surface area contributed by atoms with Gasteiger partial charge < -0.3 is 19.8 Å². The van der Waals surface area contributed by atoms with Crippen molar-refractivity contribution in [3.63, 3.8) is 0 Å². The number of rotatable bonds is 5. The Morgan fingerprint density at radius 1 is 1.39 bits per heavy atom. The van der Waals surface area contributed by atoms with Gasteiger partial charge in [-0.05, 0) is 37.1 Å². The van der Waals surface area contributed by atoms with Gasteiger partial charge in [0.1, 0.15) is 18.1 Å². The van der Waals surface area contributed by atoms with E-state index in [2.05, 4.69) is 10.6 Å². The molecule has 1 unspecified atom stereocenters. The number of carbonyl (C=O) groups is 1. The van der Waals surface area contributed by atoms with E-state index in [0.29, 0.717) is 23.9 Å². The van der Waals surface area contributed by atoms with Gasteiger partial charge in [-0.2, -0.15) is 0 Å². The number of hydrogen-bond donors (Lipinski definition) is 2. The predicted octanol–water partition coefficient (Wildman–Crippen LogP) is 3.69. The van der Waals surface area contributed by atoms with Crippen LogP contribution in [-0.2, 0) is 6.42 Å². The molecule has 1 atom stereocenters. The number of fused-ring (bicyclic) bond motifs is 1. The minimum Gasteiger partial charge on any atom is -0.492 e.